The lowest BCUT2D eigenvalue weighted by molar-refractivity contribution is 0.343. The zero-order valence-corrected chi connectivity index (χ0v) is 13.1. The minimum absolute atomic E-state index is 0.426. The summed E-state index contributed by atoms with van der Waals surface area (Å²) in [5.74, 6) is 3.11. The molecule has 0 aromatic heterocycles. The number of halogens is 1. The Morgan fingerprint density at radius 3 is 2.45 bits per heavy atom. The van der Waals surface area contributed by atoms with E-state index in [0.29, 0.717) is 12.0 Å². The number of benzene rings is 1. The Labute approximate surface area is 127 Å². The molecule has 20 heavy (non-hydrogen) atoms. The molecule has 1 saturated carbocycles. The number of hydrogen-bond donors (Lipinski definition) is 1. The standard InChI is InChI=1S/C18H24ClN/c1-12(2)18(14-5-7-17(19)8-6-14)20-11-16-10-13-3-4-15(16)9-13/h3-8,12-13,15-16,18,20H,9-11H2,1-2H3. The van der Waals surface area contributed by atoms with E-state index in [1.165, 1.54) is 18.4 Å². The lowest BCUT2D eigenvalue weighted by atomic mass is 9.91. The first kappa shape index (κ1) is 14.2. The van der Waals surface area contributed by atoms with Gasteiger partial charge in [0.1, 0.15) is 0 Å². The van der Waals surface area contributed by atoms with Gasteiger partial charge in [-0.1, -0.05) is 49.7 Å². The van der Waals surface area contributed by atoms with Crippen molar-refractivity contribution < 1.29 is 0 Å². The minimum atomic E-state index is 0.426. The van der Waals surface area contributed by atoms with Crippen LogP contribution in [-0.4, -0.2) is 6.54 Å². The maximum atomic E-state index is 5.99. The molecule has 2 aliphatic rings. The van der Waals surface area contributed by atoms with Crippen molar-refractivity contribution in [2.75, 3.05) is 6.54 Å². The third-order valence-electron chi connectivity index (χ3n) is 4.91. The van der Waals surface area contributed by atoms with Crippen LogP contribution in [0.15, 0.2) is 36.4 Å². The van der Waals surface area contributed by atoms with Crippen LogP contribution in [0, 0.1) is 23.7 Å². The second-order valence-electron chi connectivity index (χ2n) is 6.72. The van der Waals surface area contributed by atoms with Crippen molar-refractivity contribution in [1.82, 2.24) is 5.32 Å². The average molecular weight is 290 g/mol. The highest BCUT2D eigenvalue weighted by molar-refractivity contribution is 6.30. The van der Waals surface area contributed by atoms with Crippen LogP contribution in [0.4, 0.5) is 0 Å². The van der Waals surface area contributed by atoms with E-state index in [0.717, 1.165) is 29.3 Å². The Kier molecular flexibility index (Phi) is 4.18. The van der Waals surface area contributed by atoms with Crippen molar-refractivity contribution in [2.45, 2.75) is 32.7 Å². The molecule has 1 aromatic rings. The molecular formula is C18H24ClN. The van der Waals surface area contributed by atoms with Crippen LogP contribution in [0.1, 0.15) is 38.3 Å². The van der Waals surface area contributed by atoms with E-state index >= 15 is 0 Å². The van der Waals surface area contributed by atoms with Crippen molar-refractivity contribution in [3.63, 3.8) is 0 Å². The average Bonchev–Trinajstić information content (AvgIpc) is 3.03. The van der Waals surface area contributed by atoms with Crippen molar-refractivity contribution in [3.8, 4) is 0 Å². The van der Waals surface area contributed by atoms with Gasteiger partial charge in [-0.3, -0.25) is 0 Å². The Morgan fingerprint density at radius 1 is 1.15 bits per heavy atom. The van der Waals surface area contributed by atoms with Gasteiger partial charge >= 0.3 is 0 Å². The SMILES string of the molecule is CC(C)C(NCC1CC2C=CC1C2)c1ccc(Cl)cc1. The van der Waals surface area contributed by atoms with Gasteiger partial charge in [0.05, 0.1) is 0 Å². The van der Waals surface area contributed by atoms with Crippen LogP contribution in [-0.2, 0) is 0 Å². The maximum absolute atomic E-state index is 5.99. The molecule has 0 spiro atoms. The molecule has 1 N–H and O–H groups in total. The maximum Gasteiger partial charge on any atom is 0.0406 e. The molecule has 3 rings (SSSR count). The monoisotopic (exact) mass is 289 g/mol. The Bertz CT molecular complexity index is 477. The van der Waals surface area contributed by atoms with Crippen molar-refractivity contribution >= 4 is 11.6 Å². The van der Waals surface area contributed by atoms with Gasteiger partial charge in [0.25, 0.3) is 0 Å². The van der Waals surface area contributed by atoms with E-state index in [2.05, 4.69) is 43.4 Å². The Balaban J connectivity index is 1.63. The van der Waals surface area contributed by atoms with E-state index in [4.69, 9.17) is 11.6 Å². The van der Waals surface area contributed by atoms with Crippen molar-refractivity contribution in [1.29, 1.82) is 0 Å². The van der Waals surface area contributed by atoms with E-state index in [9.17, 15) is 0 Å². The van der Waals surface area contributed by atoms with E-state index in [-0.39, 0.29) is 0 Å². The van der Waals surface area contributed by atoms with Crippen molar-refractivity contribution in [3.05, 3.63) is 47.0 Å². The normalized spacial score (nSPS) is 29.3. The first-order valence-corrected chi connectivity index (χ1v) is 8.18. The third kappa shape index (κ3) is 2.94. The summed E-state index contributed by atoms with van der Waals surface area (Å²) >= 11 is 5.99. The van der Waals surface area contributed by atoms with E-state index in [1.54, 1.807) is 0 Å². The third-order valence-corrected chi connectivity index (χ3v) is 5.16. The fourth-order valence-corrected chi connectivity index (χ4v) is 3.94. The van der Waals surface area contributed by atoms with Crippen LogP contribution in [0.3, 0.4) is 0 Å². The summed E-state index contributed by atoms with van der Waals surface area (Å²) in [7, 11) is 0. The fraction of sp³-hybridized carbons (Fsp3) is 0.556. The van der Waals surface area contributed by atoms with Crippen LogP contribution in [0.25, 0.3) is 0 Å². The molecule has 108 valence electrons. The second kappa shape index (κ2) is 5.91. The van der Waals surface area contributed by atoms with E-state index in [1.807, 2.05) is 12.1 Å². The van der Waals surface area contributed by atoms with Crippen LogP contribution >= 0.6 is 11.6 Å². The van der Waals surface area contributed by atoms with Crippen LogP contribution in [0.5, 0.6) is 0 Å². The molecule has 2 heteroatoms. The van der Waals surface area contributed by atoms with Crippen LogP contribution < -0.4 is 5.32 Å². The Morgan fingerprint density at radius 2 is 1.90 bits per heavy atom. The molecular weight excluding hydrogens is 266 g/mol. The summed E-state index contributed by atoms with van der Waals surface area (Å²) in [4.78, 5) is 0. The number of nitrogens with one attached hydrogen (secondary N) is 1. The molecule has 0 radical (unpaired) electrons. The highest BCUT2D eigenvalue weighted by Crippen LogP contribution is 2.43. The first-order valence-electron chi connectivity index (χ1n) is 7.80. The van der Waals surface area contributed by atoms with Gasteiger partial charge in [-0.2, -0.15) is 0 Å². The minimum Gasteiger partial charge on any atom is -0.309 e. The highest BCUT2D eigenvalue weighted by Gasteiger charge is 2.35. The van der Waals surface area contributed by atoms with Crippen molar-refractivity contribution in [2.24, 2.45) is 23.7 Å². The molecule has 0 aliphatic heterocycles. The van der Waals surface area contributed by atoms with Gasteiger partial charge in [0.2, 0.25) is 0 Å². The molecule has 0 saturated heterocycles. The van der Waals surface area contributed by atoms with Crippen LogP contribution in [0.2, 0.25) is 5.02 Å². The lowest BCUT2D eigenvalue weighted by Crippen LogP contribution is -2.32. The number of allylic oxidation sites excluding steroid dienone is 2. The zero-order valence-electron chi connectivity index (χ0n) is 12.4. The summed E-state index contributed by atoms with van der Waals surface area (Å²) in [6, 6.07) is 8.72. The van der Waals surface area contributed by atoms with Gasteiger partial charge in [0, 0.05) is 11.1 Å². The quantitative estimate of drug-likeness (QED) is 0.765. The number of hydrogen-bond acceptors (Lipinski definition) is 1. The number of fused-ring (bicyclic) bond motifs is 2. The smallest absolute Gasteiger partial charge is 0.0406 e. The molecule has 4 unspecified atom stereocenters. The molecule has 1 nitrogen and oxygen atoms in total. The van der Waals surface area contributed by atoms with E-state index < -0.39 is 0 Å². The molecule has 2 bridgehead atoms. The van der Waals surface area contributed by atoms with Gasteiger partial charge in [-0.15, -0.1) is 0 Å². The fourth-order valence-electron chi connectivity index (χ4n) is 3.82. The molecule has 0 heterocycles. The predicted molar refractivity (Wildman–Crippen MR) is 85.9 cm³/mol. The lowest BCUT2D eigenvalue weighted by Gasteiger charge is -2.27. The topological polar surface area (TPSA) is 12.0 Å². The summed E-state index contributed by atoms with van der Waals surface area (Å²) in [5.41, 5.74) is 1.35. The summed E-state index contributed by atoms with van der Waals surface area (Å²) < 4.78 is 0. The summed E-state index contributed by atoms with van der Waals surface area (Å²) in [5, 5.41) is 4.62. The largest absolute Gasteiger partial charge is 0.309 e. The highest BCUT2D eigenvalue weighted by atomic mass is 35.5. The molecule has 1 aromatic carbocycles. The molecule has 4 atom stereocenters. The van der Waals surface area contributed by atoms with Gasteiger partial charge in [-0.05, 0) is 60.8 Å². The number of rotatable bonds is 5. The van der Waals surface area contributed by atoms with Gasteiger partial charge < -0.3 is 5.32 Å². The molecule has 2 aliphatic carbocycles. The molecule has 0 amide bonds. The first-order chi connectivity index (χ1) is 9.63. The van der Waals surface area contributed by atoms with Gasteiger partial charge in [-0.25, -0.2) is 0 Å². The summed E-state index contributed by atoms with van der Waals surface area (Å²) in [6.07, 6.45) is 7.62. The second-order valence-corrected chi connectivity index (χ2v) is 7.16. The predicted octanol–water partition coefficient (Wildman–Crippen LogP) is 4.84. The summed E-state index contributed by atoms with van der Waals surface area (Å²) in [6.45, 7) is 5.71. The van der Waals surface area contributed by atoms with Gasteiger partial charge in [0.15, 0.2) is 0 Å². The Hall–Kier alpha value is -0.790. The molecule has 1 fully saturated rings. The zero-order chi connectivity index (χ0) is 14.1.